The lowest BCUT2D eigenvalue weighted by Gasteiger charge is -2.06. The molecular formula is C18H12F2N2O2. The molecular weight excluding hydrogens is 314 g/mol. The number of nitrogens with zero attached hydrogens (tertiary/aromatic N) is 2. The Morgan fingerprint density at radius 3 is 2.75 bits per heavy atom. The largest absolute Gasteiger partial charge is 0.494 e. The summed E-state index contributed by atoms with van der Waals surface area (Å²) < 4.78 is 30.7. The molecule has 0 bridgehead atoms. The van der Waals surface area contributed by atoms with Gasteiger partial charge in [-0.1, -0.05) is 6.07 Å². The molecule has 24 heavy (non-hydrogen) atoms. The molecule has 0 aliphatic carbocycles. The molecule has 0 amide bonds. The molecule has 0 aliphatic heterocycles. The van der Waals surface area contributed by atoms with Crippen LogP contribution in [-0.2, 0) is 0 Å². The number of hydrogen-bond acceptors (Lipinski definition) is 3. The van der Waals surface area contributed by atoms with Gasteiger partial charge in [0, 0.05) is 34.2 Å². The van der Waals surface area contributed by atoms with Crippen LogP contribution in [0, 0.1) is 0 Å². The molecule has 0 unspecified atom stereocenters. The van der Waals surface area contributed by atoms with E-state index >= 15 is 0 Å². The zero-order valence-electron chi connectivity index (χ0n) is 12.4. The van der Waals surface area contributed by atoms with E-state index in [1.54, 1.807) is 23.0 Å². The van der Waals surface area contributed by atoms with Crippen LogP contribution in [0.3, 0.4) is 0 Å². The van der Waals surface area contributed by atoms with Gasteiger partial charge in [-0.15, -0.1) is 0 Å². The van der Waals surface area contributed by atoms with Gasteiger partial charge in [-0.25, -0.2) is 0 Å². The summed E-state index contributed by atoms with van der Waals surface area (Å²) in [6.07, 6.45) is 3.46. The van der Waals surface area contributed by atoms with Gasteiger partial charge in [0.15, 0.2) is 0 Å². The van der Waals surface area contributed by atoms with Crippen molar-refractivity contribution in [3.8, 4) is 17.3 Å². The van der Waals surface area contributed by atoms with Crippen LogP contribution >= 0.6 is 0 Å². The summed E-state index contributed by atoms with van der Waals surface area (Å²) in [5.74, 6) is -0.0266. The average molecular weight is 326 g/mol. The highest BCUT2D eigenvalue weighted by molar-refractivity contribution is 5.90. The minimum Gasteiger partial charge on any atom is -0.494 e. The molecule has 4 aromatic rings. The SMILES string of the molecule is Oc1c2cc(OC(F)F)ccc2cn1-c1ccc2ncccc2c1. The van der Waals surface area contributed by atoms with Crippen molar-refractivity contribution in [2.45, 2.75) is 6.61 Å². The Morgan fingerprint density at radius 2 is 1.92 bits per heavy atom. The molecule has 120 valence electrons. The number of fused-ring (bicyclic) bond motifs is 2. The highest BCUT2D eigenvalue weighted by Gasteiger charge is 2.13. The Kier molecular flexibility index (Phi) is 3.30. The highest BCUT2D eigenvalue weighted by atomic mass is 19.3. The van der Waals surface area contributed by atoms with Crippen LogP contribution in [0.25, 0.3) is 27.4 Å². The fraction of sp³-hybridized carbons (Fsp3) is 0.0556. The van der Waals surface area contributed by atoms with Gasteiger partial charge in [0.1, 0.15) is 5.75 Å². The third-order valence-corrected chi connectivity index (χ3v) is 3.85. The van der Waals surface area contributed by atoms with E-state index in [2.05, 4.69) is 9.72 Å². The summed E-state index contributed by atoms with van der Waals surface area (Å²) in [6.45, 7) is -2.90. The number of ether oxygens (including phenoxy) is 1. The van der Waals surface area contributed by atoms with Crippen LogP contribution < -0.4 is 4.74 Å². The van der Waals surface area contributed by atoms with E-state index in [0.29, 0.717) is 5.39 Å². The summed E-state index contributed by atoms with van der Waals surface area (Å²) in [5.41, 5.74) is 1.60. The van der Waals surface area contributed by atoms with Crippen molar-refractivity contribution in [3.63, 3.8) is 0 Å². The third kappa shape index (κ3) is 2.42. The number of pyridine rings is 1. The summed E-state index contributed by atoms with van der Waals surface area (Å²) in [6, 6.07) is 13.8. The molecule has 0 saturated heterocycles. The van der Waals surface area contributed by atoms with Gasteiger partial charge in [-0.2, -0.15) is 8.78 Å². The van der Waals surface area contributed by atoms with E-state index in [0.717, 1.165) is 22.0 Å². The number of hydrogen-bond donors (Lipinski definition) is 1. The molecule has 0 atom stereocenters. The van der Waals surface area contributed by atoms with E-state index in [4.69, 9.17) is 0 Å². The number of halogens is 2. The van der Waals surface area contributed by atoms with Crippen molar-refractivity contribution in [2.75, 3.05) is 0 Å². The van der Waals surface area contributed by atoms with Crippen LogP contribution in [0.5, 0.6) is 11.6 Å². The maximum atomic E-state index is 12.3. The second-order valence-electron chi connectivity index (χ2n) is 5.33. The monoisotopic (exact) mass is 326 g/mol. The van der Waals surface area contributed by atoms with Crippen LogP contribution in [0.15, 0.2) is 60.9 Å². The molecule has 2 heterocycles. The highest BCUT2D eigenvalue weighted by Crippen LogP contribution is 2.33. The van der Waals surface area contributed by atoms with Gasteiger partial charge in [0.05, 0.1) is 5.52 Å². The molecule has 1 N–H and O–H groups in total. The Hall–Kier alpha value is -3.15. The van der Waals surface area contributed by atoms with Gasteiger partial charge >= 0.3 is 6.61 Å². The molecule has 0 fully saturated rings. The summed E-state index contributed by atoms with van der Waals surface area (Å²) in [5, 5.41) is 12.6. The molecule has 4 rings (SSSR count). The number of rotatable bonds is 3. The van der Waals surface area contributed by atoms with E-state index in [1.807, 2.05) is 30.3 Å². The third-order valence-electron chi connectivity index (χ3n) is 3.85. The number of aromatic nitrogens is 2. The zero-order chi connectivity index (χ0) is 16.7. The predicted octanol–water partition coefficient (Wildman–Crippen LogP) is 4.49. The fourth-order valence-corrected chi connectivity index (χ4v) is 2.76. The van der Waals surface area contributed by atoms with Gasteiger partial charge in [0.25, 0.3) is 0 Å². The molecule has 2 aromatic heterocycles. The lowest BCUT2D eigenvalue weighted by molar-refractivity contribution is -0.0497. The summed E-state index contributed by atoms with van der Waals surface area (Å²) in [4.78, 5) is 4.26. The second kappa shape index (κ2) is 5.49. The van der Waals surface area contributed by atoms with Crippen LogP contribution in [0.1, 0.15) is 0 Å². The number of benzene rings is 2. The quantitative estimate of drug-likeness (QED) is 0.603. The van der Waals surface area contributed by atoms with Crippen molar-refractivity contribution in [1.29, 1.82) is 0 Å². The molecule has 0 spiro atoms. The first-order chi connectivity index (χ1) is 11.6. The van der Waals surface area contributed by atoms with E-state index < -0.39 is 6.61 Å². The molecule has 0 aliphatic rings. The van der Waals surface area contributed by atoms with E-state index in [-0.39, 0.29) is 11.6 Å². The normalized spacial score (nSPS) is 11.5. The maximum Gasteiger partial charge on any atom is 0.387 e. The van der Waals surface area contributed by atoms with Gasteiger partial charge in [0.2, 0.25) is 5.88 Å². The van der Waals surface area contributed by atoms with Gasteiger partial charge < -0.3 is 9.84 Å². The standard InChI is InChI=1S/C18H12F2N2O2/c19-18(20)24-14-5-3-12-10-22(17(23)15(12)9-14)13-4-6-16-11(8-13)2-1-7-21-16/h1-10,18,23H. The van der Waals surface area contributed by atoms with Crippen molar-refractivity contribution < 1.29 is 18.6 Å². The first-order valence-electron chi connectivity index (χ1n) is 7.26. The van der Waals surface area contributed by atoms with Crippen molar-refractivity contribution in [1.82, 2.24) is 9.55 Å². The zero-order valence-corrected chi connectivity index (χ0v) is 12.4. The minimum atomic E-state index is -2.90. The van der Waals surface area contributed by atoms with E-state index in [1.165, 1.54) is 12.1 Å². The molecule has 0 radical (unpaired) electrons. The van der Waals surface area contributed by atoms with E-state index in [9.17, 15) is 13.9 Å². The number of aromatic hydroxyl groups is 1. The van der Waals surface area contributed by atoms with Crippen LogP contribution in [0.2, 0.25) is 0 Å². The van der Waals surface area contributed by atoms with Gasteiger partial charge in [-0.3, -0.25) is 9.55 Å². The smallest absolute Gasteiger partial charge is 0.387 e. The molecule has 0 saturated carbocycles. The average Bonchev–Trinajstić information content (AvgIpc) is 2.90. The van der Waals surface area contributed by atoms with Crippen LogP contribution in [-0.4, -0.2) is 21.3 Å². The predicted molar refractivity (Wildman–Crippen MR) is 86.9 cm³/mol. The fourth-order valence-electron chi connectivity index (χ4n) is 2.76. The summed E-state index contributed by atoms with van der Waals surface area (Å²) in [7, 11) is 0. The van der Waals surface area contributed by atoms with Crippen LogP contribution in [0.4, 0.5) is 8.78 Å². The second-order valence-corrected chi connectivity index (χ2v) is 5.33. The summed E-state index contributed by atoms with van der Waals surface area (Å²) >= 11 is 0. The molecule has 6 heteroatoms. The van der Waals surface area contributed by atoms with Crippen molar-refractivity contribution in [3.05, 3.63) is 60.9 Å². The Labute approximate surface area is 135 Å². The maximum absolute atomic E-state index is 12.3. The Balaban J connectivity index is 1.84. The lowest BCUT2D eigenvalue weighted by atomic mass is 10.2. The first-order valence-corrected chi connectivity index (χ1v) is 7.26. The molecule has 2 aromatic carbocycles. The Morgan fingerprint density at radius 1 is 1.04 bits per heavy atom. The number of alkyl halides is 2. The minimum absolute atomic E-state index is 0.00765. The first kappa shape index (κ1) is 14.4. The van der Waals surface area contributed by atoms with Gasteiger partial charge in [-0.05, 0) is 42.5 Å². The topological polar surface area (TPSA) is 47.3 Å². The van der Waals surface area contributed by atoms with Crippen molar-refractivity contribution in [2.24, 2.45) is 0 Å². The molecule has 4 nitrogen and oxygen atoms in total. The Bertz CT molecular complexity index is 1040. The van der Waals surface area contributed by atoms with Crippen molar-refractivity contribution >= 4 is 21.7 Å². The lowest BCUT2D eigenvalue weighted by Crippen LogP contribution is -2.01.